The maximum atomic E-state index is 13.4. The van der Waals surface area contributed by atoms with Gasteiger partial charge in [-0.3, -0.25) is 4.79 Å². The molecule has 0 aromatic heterocycles. The zero-order chi connectivity index (χ0) is 13.1. The van der Waals surface area contributed by atoms with Crippen LogP contribution in [-0.4, -0.2) is 23.0 Å². The molecular weight excluding hydrogens is 235 g/mol. The van der Waals surface area contributed by atoms with E-state index in [1.807, 2.05) is 0 Å². The lowest BCUT2D eigenvalue weighted by Gasteiger charge is -2.18. The fraction of sp³-hybridized carbons (Fsp3) is 0.364. The number of halogens is 3. The van der Waals surface area contributed by atoms with E-state index in [4.69, 9.17) is 10.8 Å². The van der Waals surface area contributed by atoms with Crippen molar-refractivity contribution in [3.05, 3.63) is 35.6 Å². The van der Waals surface area contributed by atoms with Gasteiger partial charge in [0.2, 0.25) is 0 Å². The van der Waals surface area contributed by atoms with Crippen LogP contribution < -0.4 is 5.73 Å². The molecule has 0 saturated heterocycles. The number of carboxylic acids is 1. The van der Waals surface area contributed by atoms with Crippen molar-refractivity contribution in [2.75, 3.05) is 0 Å². The lowest BCUT2D eigenvalue weighted by atomic mass is 10.0. The summed E-state index contributed by atoms with van der Waals surface area (Å²) in [5.41, 5.74) is 5.27. The fourth-order valence-electron chi connectivity index (χ4n) is 1.38. The van der Waals surface area contributed by atoms with Gasteiger partial charge in [0, 0.05) is 12.8 Å². The summed E-state index contributed by atoms with van der Waals surface area (Å²) < 4.78 is 39.3. The minimum absolute atomic E-state index is 0.231. The Balaban J connectivity index is 2.65. The Labute approximate surface area is 96.0 Å². The molecule has 0 fully saturated rings. The third kappa shape index (κ3) is 4.44. The lowest BCUT2D eigenvalue weighted by molar-refractivity contribution is -0.141. The maximum absolute atomic E-state index is 13.4. The summed E-state index contributed by atoms with van der Waals surface area (Å²) in [7, 11) is 0. The van der Waals surface area contributed by atoms with Crippen LogP contribution in [0.1, 0.15) is 12.0 Å². The molecule has 3 N–H and O–H groups in total. The van der Waals surface area contributed by atoms with Gasteiger partial charge >= 0.3 is 5.97 Å². The Morgan fingerprint density at radius 3 is 2.35 bits per heavy atom. The standard InChI is InChI=1S/C11H12F3NO2/c12-8-3-1-7(2-4-8)5-11(13,14)6-9(15)10(16)17/h1-4,9H,5-6,15H2,(H,16,17)/t9-/m0/s1. The fourth-order valence-corrected chi connectivity index (χ4v) is 1.38. The van der Waals surface area contributed by atoms with E-state index < -0.39 is 36.6 Å². The molecule has 0 heterocycles. The zero-order valence-electron chi connectivity index (χ0n) is 8.87. The second-order valence-corrected chi connectivity index (χ2v) is 3.81. The van der Waals surface area contributed by atoms with Crippen LogP contribution in [0.25, 0.3) is 0 Å². The molecule has 1 aromatic rings. The van der Waals surface area contributed by atoms with Crippen LogP contribution in [0.2, 0.25) is 0 Å². The minimum Gasteiger partial charge on any atom is -0.480 e. The maximum Gasteiger partial charge on any atom is 0.320 e. The van der Waals surface area contributed by atoms with E-state index in [1.54, 1.807) is 0 Å². The van der Waals surface area contributed by atoms with Gasteiger partial charge in [0.05, 0.1) is 0 Å². The molecule has 0 bridgehead atoms. The number of alkyl halides is 2. The second kappa shape index (κ2) is 5.18. The molecule has 0 aliphatic carbocycles. The molecule has 0 radical (unpaired) electrons. The van der Waals surface area contributed by atoms with E-state index in [0.717, 1.165) is 12.1 Å². The summed E-state index contributed by atoms with van der Waals surface area (Å²) in [6, 6.07) is 3.00. The molecule has 0 spiro atoms. The Bertz CT molecular complexity index is 392. The lowest BCUT2D eigenvalue weighted by Crippen LogP contribution is -2.37. The van der Waals surface area contributed by atoms with Gasteiger partial charge in [0.25, 0.3) is 5.92 Å². The van der Waals surface area contributed by atoms with Crippen molar-refractivity contribution in [1.29, 1.82) is 0 Å². The van der Waals surface area contributed by atoms with Gasteiger partial charge in [-0.25, -0.2) is 13.2 Å². The van der Waals surface area contributed by atoms with Crippen LogP contribution in [0.3, 0.4) is 0 Å². The first-order valence-corrected chi connectivity index (χ1v) is 4.91. The predicted molar refractivity (Wildman–Crippen MR) is 55.3 cm³/mol. The molecule has 0 amide bonds. The molecule has 1 aromatic carbocycles. The molecule has 94 valence electrons. The van der Waals surface area contributed by atoms with Crippen LogP contribution in [0.4, 0.5) is 13.2 Å². The van der Waals surface area contributed by atoms with Crippen molar-refractivity contribution in [3.8, 4) is 0 Å². The van der Waals surface area contributed by atoms with Crippen molar-refractivity contribution >= 4 is 5.97 Å². The van der Waals surface area contributed by atoms with Crippen molar-refractivity contribution in [2.24, 2.45) is 5.73 Å². The third-order valence-corrected chi connectivity index (χ3v) is 2.21. The summed E-state index contributed by atoms with van der Waals surface area (Å²) in [5, 5.41) is 8.44. The zero-order valence-corrected chi connectivity index (χ0v) is 8.87. The molecule has 0 unspecified atom stereocenters. The van der Waals surface area contributed by atoms with Crippen LogP contribution in [0.15, 0.2) is 24.3 Å². The number of nitrogens with two attached hydrogens (primary N) is 1. The Morgan fingerprint density at radius 1 is 1.35 bits per heavy atom. The summed E-state index contributed by atoms with van der Waals surface area (Å²) in [5.74, 6) is -5.21. The molecule has 6 heteroatoms. The van der Waals surface area contributed by atoms with Crippen molar-refractivity contribution in [2.45, 2.75) is 24.8 Å². The molecular formula is C11H12F3NO2. The number of aliphatic carboxylic acids is 1. The van der Waals surface area contributed by atoms with Gasteiger partial charge in [-0.1, -0.05) is 12.1 Å². The Morgan fingerprint density at radius 2 is 1.88 bits per heavy atom. The highest BCUT2D eigenvalue weighted by atomic mass is 19.3. The van der Waals surface area contributed by atoms with Crippen molar-refractivity contribution in [1.82, 2.24) is 0 Å². The van der Waals surface area contributed by atoms with Crippen LogP contribution in [-0.2, 0) is 11.2 Å². The SMILES string of the molecule is N[C@@H](CC(F)(F)Cc1ccc(F)cc1)C(=O)O. The minimum atomic E-state index is -3.23. The van der Waals surface area contributed by atoms with Gasteiger partial charge in [-0.15, -0.1) is 0 Å². The van der Waals surface area contributed by atoms with Crippen LogP contribution in [0.5, 0.6) is 0 Å². The molecule has 1 atom stereocenters. The highest BCUT2D eigenvalue weighted by Gasteiger charge is 2.34. The largest absolute Gasteiger partial charge is 0.480 e. The van der Waals surface area contributed by atoms with E-state index in [2.05, 4.69) is 0 Å². The first-order valence-electron chi connectivity index (χ1n) is 4.91. The number of hydrogen-bond donors (Lipinski definition) is 2. The molecule has 0 aliphatic rings. The number of carbonyl (C=O) groups is 1. The van der Waals surface area contributed by atoms with Crippen LogP contribution in [0, 0.1) is 5.82 Å². The molecule has 0 saturated carbocycles. The van der Waals surface area contributed by atoms with Crippen LogP contribution >= 0.6 is 0 Å². The molecule has 0 aliphatic heterocycles. The number of hydrogen-bond acceptors (Lipinski definition) is 2. The number of rotatable bonds is 5. The number of carboxylic acid groups (broad SMARTS) is 1. The van der Waals surface area contributed by atoms with Gasteiger partial charge in [0.1, 0.15) is 11.9 Å². The van der Waals surface area contributed by atoms with E-state index in [0.29, 0.717) is 0 Å². The second-order valence-electron chi connectivity index (χ2n) is 3.81. The van der Waals surface area contributed by atoms with E-state index in [1.165, 1.54) is 12.1 Å². The molecule has 3 nitrogen and oxygen atoms in total. The van der Waals surface area contributed by atoms with E-state index in [-0.39, 0.29) is 5.56 Å². The summed E-state index contributed by atoms with van der Waals surface area (Å²) >= 11 is 0. The Kier molecular flexibility index (Phi) is 4.11. The summed E-state index contributed by atoms with van der Waals surface area (Å²) in [4.78, 5) is 10.4. The van der Waals surface area contributed by atoms with Crippen molar-refractivity contribution in [3.63, 3.8) is 0 Å². The van der Waals surface area contributed by atoms with E-state index in [9.17, 15) is 18.0 Å². The monoisotopic (exact) mass is 247 g/mol. The number of benzene rings is 1. The predicted octanol–water partition coefficient (Wildman–Crippen LogP) is 1.81. The smallest absolute Gasteiger partial charge is 0.320 e. The quantitative estimate of drug-likeness (QED) is 0.834. The highest BCUT2D eigenvalue weighted by Crippen LogP contribution is 2.25. The van der Waals surface area contributed by atoms with E-state index >= 15 is 0 Å². The summed E-state index contributed by atoms with van der Waals surface area (Å²) in [6.45, 7) is 0. The van der Waals surface area contributed by atoms with Gasteiger partial charge in [0.15, 0.2) is 0 Å². The average molecular weight is 247 g/mol. The molecule has 17 heavy (non-hydrogen) atoms. The van der Waals surface area contributed by atoms with Gasteiger partial charge in [-0.05, 0) is 17.7 Å². The van der Waals surface area contributed by atoms with Gasteiger partial charge in [-0.2, -0.15) is 0 Å². The average Bonchev–Trinajstić information content (AvgIpc) is 2.20. The first kappa shape index (κ1) is 13.5. The molecule has 1 rings (SSSR count). The van der Waals surface area contributed by atoms with Crippen molar-refractivity contribution < 1.29 is 23.1 Å². The highest BCUT2D eigenvalue weighted by molar-refractivity contribution is 5.73. The Hall–Kier alpha value is -1.56. The third-order valence-electron chi connectivity index (χ3n) is 2.21. The summed E-state index contributed by atoms with van der Waals surface area (Å²) in [6.07, 6.45) is -1.60. The normalized spacial score (nSPS) is 13.4. The first-order chi connectivity index (χ1) is 7.80. The van der Waals surface area contributed by atoms with Gasteiger partial charge < -0.3 is 10.8 Å². The topological polar surface area (TPSA) is 63.3 Å².